The van der Waals surface area contributed by atoms with Crippen molar-refractivity contribution in [3.8, 4) is 0 Å². The van der Waals surface area contributed by atoms with Crippen molar-refractivity contribution in [3.63, 3.8) is 0 Å². The van der Waals surface area contributed by atoms with Crippen molar-refractivity contribution in [2.75, 3.05) is 20.4 Å². The number of methoxy groups -OCH3 is 1. The van der Waals surface area contributed by atoms with Crippen LogP contribution in [0.1, 0.15) is 24.9 Å². The number of carbonyl (C=O) groups excluding carboxylic acids is 1. The van der Waals surface area contributed by atoms with Crippen LogP contribution in [0.5, 0.6) is 0 Å². The zero-order valence-electron chi connectivity index (χ0n) is 10.9. The average molecular weight is 248 g/mol. The zero-order chi connectivity index (χ0) is 13.0. The van der Waals surface area contributed by atoms with Crippen LogP contribution in [0, 0.1) is 0 Å². The molecule has 2 atom stereocenters. The number of nitrogens with zero attached hydrogens (tertiary/aromatic N) is 1. The number of benzene rings is 1. The second-order valence-electron chi connectivity index (χ2n) is 4.53. The Hall–Kier alpha value is -1.39. The van der Waals surface area contributed by atoms with Gasteiger partial charge < -0.3 is 9.64 Å². The lowest BCUT2D eigenvalue weighted by Gasteiger charge is -2.25. The SMILES string of the molecule is CCC(COC)N1CNC(c2ccccc2)C1=O. The molecule has 98 valence electrons. The van der Waals surface area contributed by atoms with Gasteiger partial charge >= 0.3 is 0 Å². The fourth-order valence-corrected chi connectivity index (χ4v) is 2.36. The molecule has 0 radical (unpaired) electrons. The second-order valence-corrected chi connectivity index (χ2v) is 4.53. The van der Waals surface area contributed by atoms with Gasteiger partial charge in [-0.2, -0.15) is 0 Å². The lowest BCUT2D eigenvalue weighted by atomic mass is 10.1. The van der Waals surface area contributed by atoms with E-state index in [0.717, 1.165) is 12.0 Å². The third kappa shape index (κ3) is 2.54. The van der Waals surface area contributed by atoms with Gasteiger partial charge in [0.1, 0.15) is 6.04 Å². The van der Waals surface area contributed by atoms with Crippen LogP contribution in [0.4, 0.5) is 0 Å². The normalized spacial score (nSPS) is 21.3. The molecular weight excluding hydrogens is 228 g/mol. The van der Waals surface area contributed by atoms with Crippen molar-refractivity contribution in [3.05, 3.63) is 35.9 Å². The van der Waals surface area contributed by atoms with Gasteiger partial charge in [0.15, 0.2) is 0 Å². The molecule has 1 aliphatic rings. The first kappa shape index (κ1) is 13.1. The monoisotopic (exact) mass is 248 g/mol. The molecule has 18 heavy (non-hydrogen) atoms. The highest BCUT2D eigenvalue weighted by Crippen LogP contribution is 2.22. The molecule has 1 heterocycles. The molecule has 0 spiro atoms. The fourth-order valence-electron chi connectivity index (χ4n) is 2.36. The molecule has 1 aromatic rings. The Kier molecular flexibility index (Phi) is 4.33. The van der Waals surface area contributed by atoms with Crippen molar-refractivity contribution < 1.29 is 9.53 Å². The Morgan fingerprint density at radius 3 is 2.78 bits per heavy atom. The molecule has 4 heteroatoms. The quantitative estimate of drug-likeness (QED) is 0.859. The van der Waals surface area contributed by atoms with Gasteiger partial charge in [-0.25, -0.2) is 0 Å². The van der Waals surface area contributed by atoms with Gasteiger partial charge in [-0.15, -0.1) is 0 Å². The minimum atomic E-state index is -0.211. The first-order valence-electron chi connectivity index (χ1n) is 6.35. The summed E-state index contributed by atoms with van der Waals surface area (Å²) in [4.78, 5) is 14.3. The van der Waals surface area contributed by atoms with E-state index in [1.807, 2.05) is 35.2 Å². The Bertz CT molecular complexity index is 394. The molecule has 0 bridgehead atoms. The Labute approximate surface area is 108 Å². The lowest BCUT2D eigenvalue weighted by molar-refractivity contribution is -0.132. The standard InChI is InChI=1S/C14H20N2O2/c1-3-12(9-18-2)16-10-15-13(14(16)17)11-7-5-4-6-8-11/h4-8,12-13,15H,3,9-10H2,1-2H3. The predicted molar refractivity (Wildman–Crippen MR) is 70.0 cm³/mol. The van der Waals surface area contributed by atoms with Crippen LogP contribution in [0.3, 0.4) is 0 Å². The Morgan fingerprint density at radius 1 is 1.44 bits per heavy atom. The summed E-state index contributed by atoms with van der Waals surface area (Å²) in [7, 11) is 1.67. The van der Waals surface area contributed by atoms with Crippen LogP contribution < -0.4 is 5.32 Å². The number of rotatable bonds is 5. The highest BCUT2D eigenvalue weighted by atomic mass is 16.5. The Morgan fingerprint density at radius 2 is 2.17 bits per heavy atom. The summed E-state index contributed by atoms with van der Waals surface area (Å²) < 4.78 is 5.17. The summed E-state index contributed by atoms with van der Waals surface area (Å²) in [5.74, 6) is 0.144. The van der Waals surface area contributed by atoms with Crippen molar-refractivity contribution in [1.29, 1.82) is 0 Å². The van der Waals surface area contributed by atoms with E-state index in [1.165, 1.54) is 0 Å². The number of carbonyl (C=O) groups is 1. The summed E-state index contributed by atoms with van der Waals surface area (Å²) in [6.07, 6.45) is 0.906. The van der Waals surface area contributed by atoms with E-state index in [2.05, 4.69) is 12.2 Å². The average Bonchev–Trinajstić information content (AvgIpc) is 2.79. The van der Waals surface area contributed by atoms with Gasteiger partial charge in [-0.05, 0) is 12.0 Å². The molecule has 1 saturated heterocycles. The van der Waals surface area contributed by atoms with Gasteiger partial charge in [0.05, 0.1) is 19.3 Å². The van der Waals surface area contributed by atoms with Crippen LogP contribution in [-0.2, 0) is 9.53 Å². The summed E-state index contributed by atoms with van der Waals surface area (Å²) >= 11 is 0. The minimum Gasteiger partial charge on any atom is -0.383 e. The number of hydrogen-bond donors (Lipinski definition) is 1. The van der Waals surface area contributed by atoms with Crippen LogP contribution in [-0.4, -0.2) is 37.2 Å². The molecule has 1 amide bonds. The summed E-state index contributed by atoms with van der Waals surface area (Å²) in [5, 5.41) is 3.27. The molecule has 1 fully saturated rings. The molecule has 0 saturated carbocycles. The van der Waals surface area contributed by atoms with E-state index in [0.29, 0.717) is 13.3 Å². The molecular formula is C14H20N2O2. The van der Waals surface area contributed by atoms with E-state index >= 15 is 0 Å². The van der Waals surface area contributed by atoms with E-state index in [9.17, 15) is 4.79 Å². The van der Waals surface area contributed by atoms with Gasteiger partial charge in [0.2, 0.25) is 5.91 Å². The van der Waals surface area contributed by atoms with Crippen molar-refractivity contribution >= 4 is 5.91 Å². The first-order valence-corrected chi connectivity index (χ1v) is 6.35. The summed E-state index contributed by atoms with van der Waals surface area (Å²) in [6.45, 7) is 3.26. The molecule has 2 rings (SSSR count). The zero-order valence-corrected chi connectivity index (χ0v) is 10.9. The molecule has 0 aromatic heterocycles. The Balaban J connectivity index is 2.09. The molecule has 1 aliphatic heterocycles. The smallest absolute Gasteiger partial charge is 0.245 e. The number of nitrogens with one attached hydrogen (secondary N) is 1. The topological polar surface area (TPSA) is 41.6 Å². The number of hydrogen-bond acceptors (Lipinski definition) is 3. The van der Waals surface area contributed by atoms with Crippen LogP contribution in [0.2, 0.25) is 0 Å². The lowest BCUT2D eigenvalue weighted by Crippen LogP contribution is -2.40. The van der Waals surface area contributed by atoms with E-state index in [4.69, 9.17) is 4.74 Å². The summed E-state index contributed by atoms with van der Waals surface area (Å²) in [6, 6.07) is 9.78. The maximum Gasteiger partial charge on any atom is 0.245 e. The van der Waals surface area contributed by atoms with Gasteiger partial charge in [-0.1, -0.05) is 37.3 Å². The van der Waals surface area contributed by atoms with E-state index in [1.54, 1.807) is 7.11 Å². The second kappa shape index (κ2) is 5.98. The highest BCUT2D eigenvalue weighted by Gasteiger charge is 2.35. The maximum atomic E-state index is 12.4. The van der Waals surface area contributed by atoms with Crippen molar-refractivity contribution in [1.82, 2.24) is 10.2 Å². The number of ether oxygens (including phenoxy) is 1. The molecule has 2 unspecified atom stereocenters. The van der Waals surface area contributed by atoms with E-state index in [-0.39, 0.29) is 18.0 Å². The first-order chi connectivity index (χ1) is 8.77. The number of amides is 1. The highest BCUT2D eigenvalue weighted by molar-refractivity contribution is 5.85. The molecule has 1 N–H and O–H groups in total. The third-order valence-corrected chi connectivity index (χ3v) is 3.40. The van der Waals surface area contributed by atoms with Crippen LogP contribution in [0.25, 0.3) is 0 Å². The largest absolute Gasteiger partial charge is 0.383 e. The summed E-state index contributed by atoms with van der Waals surface area (Å²) in [5.41, 5.74) is 1.03. The van der Waals surface area contributed by atoms with Gasteiger partial charge in [0.25, 0.3) is 0 Å². The van der Waals surface area contributed by atoms with Crippen LogP contribution >= 0.6 is 0 Å². The molecule has 0 aliphatic carbocycles. The van der Waals surface area contributed by atoms with Gasteiger partial charge in [-0.3, -0.25) is 10.1 Å². The van der Waals surface area contributed by atoms with Crippen molar-refractivity contribution in [2.45, 2.75) is 25.4 Å². The third-order valence-electron chi connectivity index (χ3n) is 3.40. The van der Waals surface area contributed by atoms with Crippen LogP contribution in [0.15, 0.2) is 30.3 Å². The predicted octanol–water partition coefficient (Wildman–Crippen LogP) is 1.54. The fraction of sp³-hybridized carbons (Fsp3) is 0.500. The molecule has 4 nitrogen and oxygen atoms in total. The van der Waals surface area contributed by atoms with Crippen molar-refractivity contribution in [2.24, 2.45) is 0 Å². The van der Waals surface area contributed by atoms with Gasteiger partial charge in [0, 0.05) is 7.11 Å². The molecule has 1 aromatic carbocycles. The maximum absolute atomic E-state index is 12.4. The minimum absolute atomic E-state index is 0.144. The van der Waals surface area contributed by atoms with E-state index < -0.39 is 0 Å².